The summed E-state index contributed by atoms with van der Waals surface area (Å²) in [7, 11) is -3.79. The molecular formula is C13H14ClN3O3S. The summed E-state index contributed by atoms with van der Waals surface area (Å²) < 4.78 is 26.9. The third kappa shape index (κ3) is 3.98. The van der Waals surface area contributed by atoms with E-state index in [1.165, 1.54) is 12.1 Å². The van der Waals surface area contributed by atoms with E-state index in [1.807, 2.05) is 0 Å². The second-order valence-electron chi connectivity index (χ2n) is 4.34. The molecule has 0 radical (unpaired) electrons. The van der Waals surface area contributed by atoms with Crippen molar-refractivity contribution in [3.63, 3.8) is 0 Å². The molecule has 0 aliphatic rings. The van der Waals surface area contributed by atoms with Crippen LogP contribution in [0, 0.1) is 6.92 Å². The van der Waals surface area contributed by atoms with Gasteiger partial charge in [-0.2, -0.15) is 0 Å². The number of halogens is 1. The van der Waals surface area contributed by atoms with Crippen molar-refractivity contribution in [3.05, 3.63) is 52.6 Å². The van der Waals surface area contributed by atoms with Gasteiger partial charge >= 0.3 is 0 Å². The molecule has 6 nitrogen and oxygen atoms in total. The van der Waals surface area contributed by atoms with Gasteiger partial charge in [0.25, 0.3) is 0 Å². The zero-order chi connectivity index (χ0) is 15.5. The molecule has 0 amide bonds. The fourth-order valence-electron chi connectivity index (χ4n) is 1.70. The van der Waals surface area contributed by atoms with Crippen molar-refractivity contribution < 1.29 is 13.5 Å². The summed E-state index contributed by atoms with van der Waals surface area (Å²) in [6.07, 6.45) is 1.56. The number of nitrogens with zero attached hydrogens (tertiary/aromatic N) is 2. The van der Waals surface area contributed by atoms with Crippen LogP contribution in [0.5, 0.6) is 0 Å². The number of aliphatic hydroxyl groups excluding tert-OH is 1. The number of nitrogens with one attached hydrogen (secondary N) is 1. The molecule has 0 spiro atoms. The summed E-state index contributed by atoms with van der Waals surface area (Å²) in [5.74, 6) is 0.562. The Morgan fingerprint density at radius 1 is 1.33 bits per heavy atom. The maximum absolute atomic E-state index is 12.3. The van der Waals surface area contributed by atoms with Gasteiger partial charge < -0.3 is 5.11 Å². The highest BCUT2D eigenvalue weighted by Crippen LogP contribution is 2.22. The van der Waals surface area contributed by atoms with Crippen molar-refractivity contribution in [2.45, 2.75) is 25.0 Å². The predicted octanol–water partition coefficient (Wildman–Crippen LogP) is 1.41. The maximum Gasteiger partial charge on any atom is 0.242 e. The van der Waals surface area contributed by atoms with Gasteiger partial charge in [-0.05, 0) is 30.7 Å². The van der Waals surface area contributed by atoms with E-state index in [4.69, 9.17) is 16.7 Å². The van der Waals surface area contributed by atoms with E-state index in [-0.39, 0.29) is 23.1 Å². The largest absolute Gasteiger partial charge is 0.392 e. The van der Waals surface area contributed by atoms with E-state index in [9.17, 15) is 8.42 Å². The van der Waals surface area contributed by atoms with Gasteiger partial charge in [-0.3, -0.25) is 0 Å². The van der Waals surface area contributed by atoms with Crippen molar-refractivity contribution >= 4 is 21.6 Å². The summed E-state index contributed by atoms with van der Waals surface area (Å²) >= 11 is 5.92. The fraction of sp³-hybridized carbons (Fsp3) is 0.231. The zero-order valence-electron chi connectivity index (χ0n) is 11.2. The SMILES string of the molecule is Cc1nccc(CNS(=O)(=O)c2cc(CO)ccc2Cl)n1. The predicted molar refractivity (Wildman–Crippen MR) is 78.2 cm³/mol. The molecule has 112 valence electrons. The molecule has 2 aromatic rings. The lowest BCUT2D eigenvalue weighted by Gasteiger charge is -2.09. The normalized spacial score (nSPS) is 11.6. The average molecular weight is 328 g/mol. The van der Waals surface area contributed by atoms with Crippen LogP contribution in [0.2, 0.25) is 5.02 Å². The summed E-state index contributed by atoms with van der Waals surface area (Å²) in [5.41, 5.74) is 1.03. The van der Waals surface area contributed by atoms with Crippen LogP contribution >= 0.6 is 11.6 Å². The molecule has 0 atom stereocenters. The third-order valence-electron chi connectivity index (χ3n) is 2.74. The van der Waals surface area contributed by atoms with E-state index in [2.05, 4.69) is 14.7 Å². The van der Waals surface area contributed by atoms with Crippen molar-refractivity contribution in [1.82, 2.24) is 14.7 Å². The first kappa shape index (κ1) is 15.8. The fourth-order valence-corrected chi connectivity index (χ4v) is 3.25. The van der Waals surface area contributed by atoms with Crippen molar-refractivity contribution in [2.75, 3.05) is 0 Å². The van der Waals surface area contributed by atoms with Gasteiger partial charge in [-0.25, -0.2) is 23.1 Å². The lowest BCUT2D eigenvalue weighted by atomic mass is 10.2. The number of sulfonamides is 1. The maximum atomic E-state index is 12.3. The van der Waals surface area contributed by atoms with Crippen LogP contribution in [0.15, 0.2) is 35.4 Å². The van der Waals surface area contributed by atoms with Crippen LogP contribution in [-0.4, -0.2) is 23.5 Å². The Balaban J connectivity index is 2.22. The Kier molecular flexibility index (Phi) is 4.89. The molecule has 2 rings (SSSR count). The van der Waals surface area contributed by atoms with E-state index in [0.717, 1.165) is 0 Å². The highest BCUT2D eigenvalue weighted by Gasteiger charge is 2.18. The first-order chi connectivity index (χ1) is 9.92. The lowest BCUT2D eigenvalue weighted by molar-refractivity contribution is 0.281. The van der Waals surface area contributed by atoms with E-state index >= 15 is 0 Å². The number of hydrogen-bond donors (Lipinski definition) is 2. The molecule has 0 unspecified atom stereocenters. The topological polar surface area (TPSA) is 92.2 Å². The third-order valence-corrected chi connectivity index (χ3v) is 4.63. The van der Waals surface area contributed by atoms with Gasteiger partial charge in [0.15, 0.2) is 0 Å². The molecule has 1 aromatic carbocycles. The lowest BCUT2D eigenvalue weighted by Crippen LogP contribution is -2.24. The minimum absolute atomic E-state index is 0.0331. The van der Waals surface area contributed by atoms with Crippen LogP contribution in [-0.2, 0) is 23.2 Å². The van der Waals surface area contributed by atoms with Gasteiger partial charge in [0, 0.05) is 6.20 Å². The molecule has 2 N–H and O–H groups in total. The van der Waals surface area contributed by atoms with Crippen LogP contribution in [0.3, 0.4) is 0 Å². The highest BCUT2D eigenvalue weighted by molar-refractivity contribution is 7.89. The first-order valence-electron chi connectivity index (χ1n) is 6.10. The number of hydrogen-bond acceptors (Lipinski definition) is 5. The first-order valence-corrected chi connectivity index (χ1v) is 7.96. The molecule has 0 fully saturated rings. The minimum atomic E-state index is -3.79. The Morgan fingerprint density at radius 3 is 2.76 bits per heavy atom. The van der Waals surface area contributed by atoms with Gasteiger partial charge in [0.05, 0.1) is 23.9 Å². The summed E-state index contributed by atoms with van der Waals surface area (Å²) in [5, 5.41) is 9.18. The number of aliphatic hydroxyl groups is 1. The molecule has 0 saturated carbocycles. The van der Waals surface area contributed by atoms with Gasteiger partial charge in [-0.15, -0.1) is 0 Å². The Morgan fingerprint density at radius 2 is 2.10 bits per heavy atom. The second kappa shape index (κ2) is 6.48. The summed E-state index contributed by atoms with van der Waals surface area (Å²) in [4.78, 5) is 7.99. The minimum Gasteiger partial charge on any atom is -0.392 e. The monoisotopic (exact) mass is 327 g/mol. The average Bonchev–Trinajstić information content (AvgIpc) is 2.46. The number of rotatable bonds is 5. The molecule has 8 heteroatoms. The Bertz CT molecular complexity index is 750. The Labute approximate surface area is 127 Å². The van der Waals surface area contributed by atoms with Crippen molar-refractivity contribution in [2.24, 2.45) is 0 Å². The smallest absolute Gasteiger partial charge is 0.242 e. The second-order valence-corrected chi connectivity index (χ2v) is 6.49. The summed E-state index contributed by atoms with van der Waals surface area (Å²) in [6, 6.07) is 5.98. The molecule has 1 heterocycles. The van der Waals surface area contributed by atoms with Crippen molar-refractivity contribution in [1.29, 1.82) is 0 Å². The quantitative estimate of drug-likeness (QED) is 0.866. The van der Waals surface area contributed by atoms with Crippen LogP contribution < -0.4 is 4.72 Å². The molecule has 21 heavy (non-hydrogen) atoms. The standard InChI is InChI=1S/C13H14ClN3O3S/c1-9-15-5-4-11(17-9)7-16-21(19,20)13-6-10(8-18)2-3-12(13)14/h2-6,16,18H,7-8H2,1H3. The number of aryl methyl sites for hydroxylation is 1. The van der Waals surface area contributed by atoms with Crippen LogP contribution in [0.25, 0.3) is 0 Å². The van der Waals surface area contributed by atoms with E-state index in [0.29, 0.717) is 17.1 Å². The van der Waals surface area contributed by atoms with Gasteiger partial charge in [0.1, 0.15) is 10.7 Å². The molecule has 0 bridgehead atoms. The molecular weight excluding hydrogens is 314 g/mol. The van der Waals surface area contributed by atoms with Crippen molar-refractivity contribution in [3.8, 4) is 0 Å². The highest BCUT2D eigenvalue weighted by atomic mass is 35.5. The molecule has 0 aliphatic heterocycles. The van der Waals surface area contributed by atoms with E-state index in [1.54, 1.807) is 25.3 Å². The Hall–Kier alpha value is -1.54. The van der Waals surface area contributed by atoms with E-state index < -0.39 is 10.0 Å². The van der Waals surface area contributed by atoms with Crippen LogP contribution in [0.4, 0.5) is 0 Å². The van der Waals surface area contributed by atoms with Gasteiger partial charge in [0.2, 0.25) is 10.0 Å². The molecule has 0 saturated heterocycles. The number of benzene rings is 1. The molecule has 1 aromatic heterocycles. The van der Waals surface area contributed by atoms with Crippen LogP contribution in [0.1, 0.15) is 17.1 Å². The zero-order valence-corrected chi connectivity index (χ0v) is 12.8. The summed E-state index contributed by atoms with van der Waals surface area (Å²) in [6.45, 7) is 1.50. The number of aromatic nitrogens is 2. The van der Waals surface area contributed by atoms with Gasteiger partial charge in [-0.1, -0.05) is 17.7 Å². The molecule has 0 aliphatic carbocycles.